The number of nitrogens with zero attached hydrogens (tertiary/aromatic N) is 1. The minimum absolute atomic E-state index is 0.257. The SMILES string of the molecule is C=CCOc1ccc(CCC(=O)N2CCCCCC2)cc1N. The van der Waals surface area contributed by atoms with Gasteiger partial charge in [0, 0.05) is 19.5 Å². The van der Waals surface area contributed by atoms with Crippen molar-refractivity contribution in [1.82, 2.24) is 4.90 Å². The van der Waals surface area contributed by atoms with Gasteiger partial charge in [0.25, 0.3) is 0 Å². The van der Waals surface area contributed by atoms with Crippen molar-refractivity contribution >= 4 is 11.6 Å². The molecule has 1 fully saturated rings. The Labute approximate surface area is 132 Å². The highest BCUT2D eigenvalue weighted by molar-refractivity contribution is 5.76. The highest BCUT2D eigenvalue weighted by atomic mass is 16.5. The fourth-order valence-corrected chi connectivity index (χ4v) is 2.76. The van der Waals surface area contributed by atoms with Crippen LogP contribution in [0.4, 0.5) is 5.69 Å². The van der Waals surface area contributed by atoms with E-state index in [1.54, 1.807) is 6.08 Å². The zero-order valence-corrected chi connectivity index (χ0v) is 13.2. The van der Waals surface area contributed by atoms with Crippen molar-refractivity contribution in [2.75, 3.05) is 25.4 Å². The molecule has 1 aliphatic heterocycles. The fourth-order valence-electron chi connectivity index (χ4n) is 2.76. The summed E-state index contributed by atoms with van der Waals surface area (Å²) >= 11 is 0. The molecule has 0 aromatic heterocycles. The molecule has 0 radical (unpaired) electrons. The van der Waals surface area contributed by atoms with E-state index in [0.29, 0.717) is 24.5 Å². The van der Waals surface area contributed by atoms with E-state index in [2.05, 4.69) is 6.58 Å². The molecular weight excluding hydrogens is 276 g/mol. The molecule has 0 unspecified atom stereocenters. The molecule has 1 heterocycles. The van der Waals surface area contributed by atoms with Crippen molar-refractivity contribution in [2.45, 2.75) is 38.5 Å². The number of ether oxygens (including phenoxy) is 1. The Bertz CT molecular complexity index is 506. The van der Waals surface area contributed by atoms with E-state index in [0.717, 1.165) is 37.9 Å². The molecule has 0 saturated carbocycles. The standard InChI is InChI=1S/C18H26N2O2/c1-2-13-22-17-9-7-15(14-16(17)19)8-10-18(21)20-11-5-3-4-6-12-20/h2,7,9,14H,1,3-6,8,10-13,19H2. The molecule has 0 atom stereocenters. The predicted molar refractivity (Wildman–Crippen MR) is 89.9 cm³/mol. The third kappa shape index (κ3) is 4.79. The first-order valence-corrected chi connectivity index (χ1v) is 8.10. The molecule has 0 spiro atoms. The molecule has 1 amide bonds. The van der Waals surface area contributed by atoms with Crippen molar-refractivity contribution in [3.8, 4) is 5.75 Å². The quantitative estimate of drug-likeness (QED) is 0.648. The molecule has 2 N–H and O–H groups in total. The summed E-state index contributed by atoms with van der Waals surface area (Å²) in [5, 5.41) is 0. The van der Waals surface area contributed by atoms with Crippen molar-refractivity contribution < 1.29 is 9.53 Å². The third-order valence-electron chi connectivity index (χ3n) is 4.02. The van der Waals surface area contributed by atoms with Crippen LogP contribution in [0.2, 0.25) is 0 Å². The van der Waals surface area contributed by atoms with Gasteiger partial charge in [0.05, 0.1) is 5.69 Å². The van der Waals surface area contributed by atoms with Crippen molar-refractivity contribution in [3.63, 3.8) is 0 Å². The van der Waals surface area contributed by atoms with E-state index < -0.39 is 0 Å². The Kier molecular flexibility index (Phi) is 6.31. The number of nitrogen functional groups attached to an aromatic ring is 1. The number of hydrogen-bond acceptors (Lipinski definition) is 3. The van der Waals surface area contributed by atoms with Gasteiger partial charge in [-0.15, -0.1) is 0 Å². The van der Waals surface area contributed by atoms with Crippen molar-refractivity contribution in [2.24, 2.45) is 0 Å². The molecule has 22 heavy (non-hydrogen) atoms. The topological polar surface area (TPSA) is 55.6 Å². The second-order valence-electron chi connectivity index (χ2n) is 5.77. The summed E-state index contributed by atoms with van der Waals surface area (Å²) in [6.45, 7) is 5.88. The number of benzene rings is 1. The largest absolute Gasteiger partial charge is 0.487 e. The second-order valence-corrected chi connectivity index (χ2v) is 5.77. The van der Waals surface area contributed by atoms with Gasteiger partial charge in [0.15, 0.2) is 0 Å². The van der Waals surface area contributed by atoms with Crippen LogP contribution in [0.15, 0.2) is 30.9 Å². The summed E-state index contributed by atoms with van der Waals surface area (Å²) in [4.78, 5) is 14.3. The molecular formula is C18H26N2O2. The second kappa shape index (κ2) is 8.47. The molecule has 4 heteroatoms. The molecule has 2 rings (SSSR count). The van der Waals surface area contributed by atoms with Crippen LogP contribution in [0.5, 0.6) is 5.75 Å². The predicted octanol–water partition coefficient (Wildman–Crippen LogP) is 3.17. The number of hydrogen-bond donors (Lipinski definition) is 1. The maximum Gasteiger partial charge on any atom is 0.222 e. The summed E-state index contributed by atoms with van der Waals surface area (Å²) in [5.74, 6) is 0.926. The van der Waals surface area contributed by atoms with Crippen molar-refractivity contribution in [1.29, 1.82) is 0 Å². The maximum absolute atomic E-state index is 12.3. The van der Waals surface area contributed by atoms with Crippen LogP contribution in [-0.2, 0) is 11.2 Å². The fraction of sp³-hybridized carbons (Fsp3) is 0.500. The Hall–Kier alpha value is -1.97. The van der Waals surface area contributed by atoms with Crippen LogP contribution in [0.25, 0.3) is 0 Å². The number of likely N-dealkylation sites (tertiary alicyclic amines) is 1. The van der Waals surface area contributed by atoms with Crippen LogP contribution < -0.4 is 10.5 Å². The molecule has 1 aliphatic rings. The van der Waals surface area contributed by atoms with Gasteiger partial charge in [-0.25, -0.2) is 0 Å². The van der Waals surface area contributed by atoms with Crippen LogP contribution in [0.1, 0.15) is 37.7 Å². The van der Waals surface area contributed by atoms with Crippen LogP contribution in [0.3, 0.4) is 0 Å². The minimum atomic E-state index is 0.257. The van der Waals surface area contributed by atoms with E-state index in [-0.39, 0.29) is 5.91 Å². The van der Waals surface area contributed by atoms with E-state index in [1.165, 1.54) is 12.8 Å². The van der Waals surface area contributed by atoms with Crippen LogP contribution in [0, 0.1) is 0 Å². The Balaban J connectivity index is 1.86. The monoisotopic (exact) mass is 302 g/mol. The van der Waals surface area contributed by atoms with E-state index in [1.807, 2.05) is 23.1 Å². The summed E-state index contributed by atoms with van der Waals surface area (Å²) < 4.78 is 5.46. The van der Waals surface area contributed by atoms with Crippen LogP contribution >= 0.6 is 0 Å². The third-order valence-corrected chi connectivity index (χ3v) is 4.02. The molecule has 1 aromatic carbocycles. The zero-order chi connectivity index (χ0) is 15.8. The van der Waals surface area contributed by atoms with E-state index in [9.17, 15) is 4.79 Å². The molecule has 1 aromatic rings. The number of carbonyl (C=O) groups is 1. The zero-order valence-electron chi connectivity index (χ0n) is 13.2. The lowest BCUT2D eigenvalue weighted by atomic mass is 10.1. The Morgan fingerprint density at radius 1 is 1.27 bits per heavy atom. The van der Waals surface area contributed by atoms with Gasteiger partial charge in [-0.1, -0.05) is 31.6 Å². The molecule has 4 nitrogen and oxygen atoms in total. The Morgan fingerprint density at radius 3 is 2.64 bits per heavy atom. The number of anilines is 1. The van der Waals surface area contributed by atoms with Crippen LogP contribution in [-0.4, -0.2) is 30.5 Å². The van der Waals surface area contributed by atoms with Crippen molar-refractivity contribution in [3.05, 3.63) is 36.4 Å². The van der Waals surface area contributed by atoms with Gasteiger partial charge in [0.1, 0.15) is 12.4 Å². The molecule has 0 aliphatic carbocycles. The van der Waals surface area contributed by atoms with Gasteiger partial charge < -0.3 is 15.4 Å². The highest BCUT2D eigenvalue weighted by Gasteiger charge is 2.15. The maximum atomic E-state index is 12.3. The lowest BCUT2D eigenvalue weighted by molar-refractivity contribution is -0.131. The van der Waals surface area contributed by atoms with Gasteiger partial charge >= 0.3 is 0 Å². The van der Waals surface area contributed by atoms with Gasteiger partial charge in [-0.05, 0) is 37.0 Å². The van der Waals surface area contributed by atoms with Gasteiger partial charge in [0.2, 0.25) is 5.91 Å². The highest BCUT2D eigenvalue weighted by Crippen LogP contribution is 2.23. The lowest BCUT2D eigenvalue weighted by Crippen LogP contribution is -2.31. The summed E-state index contributed by atoms with van der Waals surface area (Å²) in [6.07, 6.45) is 7.71. The average Bonchev–Trinajstić information content (AvgIpc) is 2.81. The first-order chi connectivity index (χ1) is 10.7. The number of carbonyl (C=O) groups excluding carboxylic acids is 1. The summed E-state index contributed by atoms with van der Waals surface area (Å²) in [5.41, 5.74) is 7.67. The first kappa shape index (κ1) is 16.4. The number of aryl methyl sites for hydroxylation is 1. The average molecular weight is 302 g/mol. The first-order valence-electron chi connectivity index (χ1n) is 8.10. The Morgan fingerprint density at radius 2 is 2.00 bits per heavy atom. The number of rotatable bonds is 6. The van der Waals surface area contributed by atoms with Gasteiger partial charge in [-0.2, -0.15) is 0 Å². The van der Waals surface area contributed by atoms with E-state index >= 15 is 0 Å². The lowest BCUT2D eigenvalue weighted by Gasteiger charge is -2.20. The number of amides is 1. The van der Waals surface area contributed by atoms with Gasteiger partial charge in [-0.3, -0.25) is 4.79 Å². The smallest absolute Gasteiger partial charge is 0.222 e. The number of nitrogens with two attached hydrogens (primary N) is 1. The molecule has 1 saturated heterocycles. The molecule has 120 valence electrons. The summed E-state index contributed by atoms with van der Waals surface area (Å²) in [6, 6.07) is 5.74. The molecule has 0 bridgehead atoms. The summed E-state index contributed by atoms with van der Waals surface area (Å²) in [7, 11) is 0. The minimum Gasteiger partial charge on any atom is -0.487 e. The van der Waals surface area contributed by atoms with E-state index in [4.69, 9.17) is 10.5 Å². The normalized spacial score (nSPS) is 15.2.